The molecule has 3 aromatic rings. The van der Waals surface area contributed by atoms with Crippen molar-refractivity contribution in [2.24, 2.45) is 5.73 Å². The second-order valence-corrected chi connectivity index (χ2v) is 5.24. The summed E-state index contributed by atoms with van der Waals surface area (Å²) in [6.45, 7) is 0. The van der Waals surface area contributed by atoms with E-state index in [1.165, 1.54) is 11.3 Å². The Bertz CT molecular complexity index is 719. The molecule has 2 aromatic heterocycles. The van der Waals surface area contributed by atoms with Gasteiger partial charge in [-0.15, -0.1) is 5.10 Å². The molecule has 0 aliphatic carbocycles. The van der Waals surface area contributed by atoms with Gasteiger partial charge in [-0.05, 0) is 18.2 Å². The molecule has 2 heterocycles. The number of anilines is 2. The van der Waals surface area contributed by atoms with Gasteiger partial charge in [-0.3, -0.25) is 0 Å². The first kappa shape index (κ1) is 11.9. The van der Waals surface area contributed by atoms with Crippen LogP contribution in [-0.4, -0.2) is 20.2 Å². The summed E-state index contributed by atoms with van der Waals surface area (Å²) in [5, 5.41) is 11.7. The summed E-state index contributed by atoms with van der Waals surface area (Å²) in [5.41, 5.74) is 7.25. The number of thiazole rings is 1. The number of para-hydroxylation sites is 1. The zero-order chi connectivity index (χ0) is 13.2. The third kappa shape index (κ3) is 2.38. The van der Waals surface area contributed by atoms with Gasteiger partial charge in [-0.1, -0.05) is 35.7 Å². The van der Waals surface area contributed by atoms with Crippen LogP contribution in [0.2, 0.25) is 0 Å². The van der Waals surface area contributed by atoms with Crippen molar-refractivity contribution >= 4 is 49.7 Å². The van der Waals surface area contributed by atoms with Crippen molar-refractivity contribution in [3.05, 3.63) is 42.1 Å². The van der Waals surface area contributed by atoms with Crippen LogP contribution in [0, 0.1) is 0 Å². The van der Waals surface area contributed by atoms with E-state index in [0.29, 0.717) is 11.4 Å². The molecule has 0 atom stereocenters. The van der Waals surface area contributed by atoms with Crippen LogP contribution in [0.3, 0.4) is 0 Å². The van der Waals surface area contributed by atoms with Crippen molar-refractivity contribution in [3.63, 3.8) is 0 Å². The first-order chi connectivity index (χ1) is 9.24. The summed E-state index contributed by atoms with van der Waals surface area (Å²) in [6, 6.07) is 9.64. The van der Waals surface area contributed by atoms with Gasteiger partial charge in [-0.2, -0.15) is 5.10 Å². The monoisotopic (exact) mass is 287 g/mol. The summed E-state index contributed by atoms with van der Waals surface area (Å²) in [6.07, 6.45) is 1.55. The Morgan fingerprint density at radius 2 is 2.11 bits per heavy atom. The topological polar surface area (TPSA) is 76.7 Å². The number of rotatable bonds is 3. The Balaban J connectivity index is 1.99. The van der Waals surface area contributed by atoms with Crippen LogP contribution < -0.4 is 11.1 Å². The molecule has 7 heteroatoms. The second kappa shape index (κ2) is 4.87. The molecule has 0 saturated heterocycles. The summed E-state index contributed by atoms with van der Waals surface area (Å²) >= 11 is 6.52. The molecular formula is C12H9N5S2. The minimum atomic E-state index is 0.276. The minimum absolute atomic E-state index is 0.276. The molecule has 0 radical (unpaired) electrons. The third-order valence-corrected chi connectivity index (χ3v) is 3.68. The average Bonchev–Trinajstić information content (AvgIpc) is 2.81. The lowest BCUT2D eigenvalue weighted by Crippen LogP contribution is -2.13. The van der Waals surface area contributed by atoms with Gasteiger partial charge in [0.05, 0.1) is 22.0 Å². The summed E-state index contributed by atoms with van der Waals surface area (Å²) in [5.74, 6) is 0.522. The fraction of sp³-hybridized carbons (Fsp3) is 0. The summed E-state index contributed by atoms with van der Waals surface area (Å²) in [4.78, 5) is 4.74. The molecule has 0 fully saturated rings. The fourth-order valence-corrected chi connectivity index (χ4v) is 2.68. The van der Waals surface area contributed by atoms with Gasteiger partial charge >= 0.3 is 0 Å². The van der Waals surface area contributed by atoms with Crippen molar-refractivity contribution in [2.75, 3.05) is 5.32 Å². The van der Waals surface area contributed by atoms with Crippen molar-refractivity contribution < 1.29 is 0 Å². The second-order valence-electron chi connectivity index (χ2n) is 3.77. The number of hydrogen-bond donors (Lipinski definition) is 2. The largest absolute Gasteiger partial charge is 0.389 e. The number of hydrogen-bond acceptors (Lipinski definition) is 6. The van der Waals surface area contributed by atoms with Gasteiger partial charge < -0.3 is 11.1 Å². The lowest BCUT2D eigenvalue weighted by molar-refractivity contribution is 1.03. The Labute approximate surface area is 118 Å². The van der Waals surface area contributed by atoms with Crippen molar-refractivity contribution in [1.29, 1.82) is 0 Å². The molecule has 5 nitrogen and oxygen atoms in total. The fourth-order valence-electron chi connectivity index (χ4n) is 1.65. The quantitative estimate of drug-likeness (QED) is 0.721. The van der Waals surface area contributed by atoms with Gasteiger partial charge in [-0.25, -0.2) is 4.98 Å². The van der Waals surface area contributed by atoms with Crippen molar-refractivity contribution in [2.45, 2.75) is 0 Å². The molecule has 0 saturated carbocycles. The Morgan fingerprint density at radius 3 is 2.89 bits per heavy atom. The molecule has 0 amide bonds. The van der Waals surface area contributed by atoms with E-state index >= 15 is 0 Å². The zero-order valence-electron chi connectivity index (χ0n) is 9.70. The van der Waals surface area contributed by atoms with E-state index in [4.69, 9.17) is 18.0 Å². The molecule has 1 aromatic carbocycles. The maximum absolute atomic E-state index is 5.65. The van der Waals surface area contributed by atoms with E-state index in [2.05, 4.69) is 20.5 Å². The van der Waals surface area contributed by atoms with Crippen LogP contribution >= 0.6 is 23.6 Å². The third-order valence-electron chi connectivity index (χ3n) is 2.51. The SMILES string of the molecule is NC(=S)c1ccnnc1Nc1nc2ccccc2s1. The van der Waals surface area contributed by atoms with Gasteiger partial charge in [0.15, 0.2) is 10.9 Å². The normalized spacial score (nSPS) is 10.5. The molecule has 3 N–H and O–H groups in total. The number of nitrogens with two attached hydrogens (primary N) is 1. The standard InChI is InChI=1S/C12H9N5S2/c13-10(18)7-5-6-14-17-11(7)16-12-15-8-3-1-2-4-9(8)19-12/h1-6H,(H2,13,18)(H,15,16,17). The molecule has 0 aliphatic rings. The highest BCUT2D eigenvalue weighted by Gasteiger charge is 2.09. The van der Waals surface area contributed by atoms with Gasteiger partial charge in [0.25, 0.3) is 0 Å². The molecule has 94 valence electrons. The smallest absolute Gasteiger partial charge is 0.189 e. The lowest BCUT2D eigenvalue weighted by Gasteiger charge is -2.05. The number of nitrogens with one attached hydrogen (secondary N) is 1. The molecule has 3 rings (SSSR count). The average molecular weight is 287 g/mol. The van der Waals surface area contributed by atoms with E-state index in [1.807, 2.05) is 24.3 Å². The highest BCUT2D eigenvalue weighted by Crippen LogP contribution is 2.28. The highest BCUT2D eigenvalue weighted by atomic mass is 32.1. The van der Waals surface area contributed by atoms with E-state index in [1.54, 1.807) is 12.3 Å². The Kier molecular flexibility index (Phi) is 3.06. The van der Waals surface area contributed by atoms with Crippen LogP contribution in [0.4, 0.5) is 10.9 Å². The molecule has 0 unspecified atom stereocenters. The van der Waals surface area contributed by atoms with Crippen molar-refractivity contribution in [1.82, 2.24) is 15.2 Å². The number of fused-ring (bicyclic) bond motifs is 1. The zero-order valence-corrected chi connectivity index (χ0v) is 11.3. The van der Waals surface area contributed by atoms with Gasteiger partial charge in [0.2, 0.25) is 0 Å². The van der Waals surface area contributed by atoms with Crippen LogP contribution in [0.5, 0.6) is 0 Å². The Hall–Kier alpha value is -2.12. The number of nitrogens with zero attached hydrogens (tertiary/aromatic N) is 3. The predicted octanol–water partition coefficient (Wildman–Crippen LogP) is 2.46. The van der Waals surface area contributed by atoms with Crippen LogP contribution in [-0.2, 0) is 0 Å². The van der Waals surface area contributed by atoms with Crippen LogP contribution in [0.25, 0.3) is 10.2 Å². The summed E-state index contributed by atoms with van der Waals surface area (Å²) in [7, 11) is 0. The first-order valence-corrected chi connectivity index (χ1v) is 6.70. The van der Waals surface area contributed by atoms with Crippen molar-refractivity contribution in [3.8, 4) is 0 Å². The maximum atomic E-state index is 5.65. The van der Waals surface area contributed by atoms with Crippen LogP contribution in [0.15, 0.2) is 36.5 Å². The number of aromatic nitrogens is 3. The predicted molar refractivity (Wildman–Crippen MR) is 80.8 cm³/mol. The number of thiocarbonyl (C=S) groups is 1. The number of benzene rings is 1. The van der Waals surface area contributed by atoms with Gasteiger partial charge in [0.1, 0.15) is 4.99 Å². The minimum Gasteiger partial charge on any atom is -0.389 e. The maximum Gasteiger partial charge on any atom is 0.189 e. The molecule has 0 aliphatic heterocycles. The van der Waals surface area contributed by atoms with E-state index in [-0.39, 0.29) is 4.99 Å². The lowest BCUT2D eigenvalue weighted by atomic mass is 10.3. The summed E-state index contributed by atoms with van der Waals surface area (Å²) < 4.78 is 1.10. The molecule has 0 bridgehead atoms. The molecule has 0 spiro atoms. The highest BCUT2D eigenvalue weighted by molar-refractivity contribution is 7.80. The molecular weight excluding hydrogens is 278 g/mol. The van der Waals surface area contributed by atoms with Gasteiger partial charge in [0, 0.05) is 0 Å². The first-order valence-electron chi connectivity index (χ1n) is 5.48. The van der Waals surface area contributed by atoms with E-state index < -0.39 is 0 Å². The Morgan fingerprint density at radius 1 is 1.26 bits per heavy atom. The van der Waals surface area contributed by atoms with E-state index in [0.717, 1.165) is 15.3 Å². The van der Waals surface area contributed by atoms with E-state index in [9.17, 15) is 0 Å². The van der Waals surface area contributed by atoms with Crippen LogP contribution in [0.1, 0.15) is 5.56 Å². The molecule has 19 heavy (non-hydrogen) atoms.